The zero-order valence-corrected chi connectivity index (χ0v) is 11.2. The normalized spacial score (nSPS) is 22.2. The second kappa shape index (κ2) is 4.13. The van der Waals surface area contributed by atoms with Crippen molar-refractivity contribution in [2.75, 3.05) is 13.1 Å². The summed E-state index contributed by atoms with van der Waals surface area (Å²) >= 11 is 1.67. The molecule has 0 bridgehead atoms. The highest BCUT2D eigenvalue weighted by Gasteiger charge is 2.37. The second-order valence-electron chi connectivity index (χ2n) is 5.67. The van der Waals surface area contributed by atoms with E-state index in [1.807, 2.05) is 11.4 Å². The summed E-state index contributed by atoms with van der Waals surface area (Å²) in [6, 6.07) is 4.07. The van der Waals surface area contributed by atoms with Gasteiger partial charge in [0, 0.05) is 23.5 Å². The maximum absolute atomic E-state index is 10.6. The van der Waals surface area contributed by atoms with Crippen LogP contribution in [0, 0.1) is 0 Å². The van der Waals surface area contributed by atoms with Crippen LogP contribution in [0.3, 0.4) is 0 Å². The maximum atomic E-state index is 10.6. The molecule has 2 rings (SSSR count). The number of piperidine rings is 1. The van der Waals surface area contributed by atoms with Crippen molar-refractivity contribution in [1.82, 2.24) is 4.90 Å². The quantitative estimate of drug-likeness (QED) is 0.814. The van der Waals surface area contributed by atoms with Gasteiger partial charge in [0.1, 0.15) is 5.60 Å². The van der Waals surface area contributed by atoms with Crippen LogP contribution in [0.5, 0.6) is 0 Å². The molecule has 16 heavy (non-hydrogen) atoms. The Morgan fingerprint density at radius 1 is 1.31 bits per heavy atom. The first kappa shape index (κ1) is 12.1. The molecule has 0 radical (unpaired) electrons. The lowest BCUT2D eigenvalue weighted by atomic mass is 9.87. The van der Waals surface area contributed by atoms with Crippen molar-refractivity contribution in [3.05, 3.63) is 22.4 Å². The predicted molar refractivity (Wildman–Crippen MR) is 68.8 cm³/mol. The molecule has 0 unspecified atom stereocenters. The fraction of sp³-hybridized carbons (Fsp3) is 0.692. The third-order valence-electron chi connectivity index (χ3n) is 3.52. The first-order valence-corrected chi connectivity index (χ1v) is 6.81. The highest BCUT2D eigenvalue weighted by Crippen LogP contribution is 2.36. The lowest BCUT2D eigenvalue weighted by Gasteiger charge is -2.44. The number of thiophene rings is 1. The number of hydrogen-bond acceptors (Lipinski definition) is 3. The molecule has 0 amide bonds. The summed E-state index contributed by atoms with van der Waals surface area (Å²) in [6.45, 7) is 8.68. The van der Waals surface area contributed by atoms with Gasteiger partial charge in [0.05, 0.1) is 0 Å². The van der Waals surface area contributed by atoms with Crippen molar-refractivity contribution in [2.24, 2.45) is 0 Å². The van der Waals surface area contributed by atoms with Crippen LogP contribution in [0.2, 0.25) is 0 Å². The molecule has 0 aliphatic carbocycles. The van der Waals surface area contributed by atoms with E-state index in [0.29, 0.717) is 0 Å². The Morgan fingerprint density at radius 2 is 1.94 bits per heavy atom. The monoisotopic (exact) mass is 239 g/mol. The summed E-state index contributed by atoms with van der Waals surface area (Å²) in [5.74, 6) is 0. The van der Waals surface area contributed by atoms with Crippen LogP contribution in [-0.4, -0.2) is 28.6 Å². The molecular formula is C13H21NOS. The number of hydrogen-bond donors (Lipinski definition) is 1. The smallest absolute Gasteiger partial charge is 0.101 e. The van der Waals surface area contributed by atoms with Crippen LogP contribution >= 0.6 is 11.3 Å². The van der Waals surface area contributed by atoms with E-state index >= 15 is 0 Å². The van der Waals surface area contributed by atoms with E-state index in [1.165, 1.54) is 0 Å². The Balaban J connectivity index is 2.05. The Bertz CT molecular complexity index is 331. The van der Waals surface area contributed by atoms with Gasteiger partial charge in [-0.3, -0.25) is 4.90 Å². The number of aliphatic hydroxyl groups is 1. The Morgan fingerprint density at radius 3 is 2.38 bits per heavy atom. The Labute approximate surface area is 102 Å². The van der Waals surface area contributed by atoms with Crippen molar-refractivity contribution >= 4 is 11.3 Å². The summed E-state index contributed by atoms with van der Waals surface area (Å²) in [7, 11) is 0. The first-order chi connectivity index (χ1) is 7.42. The summed E-state index contributed by atoms with van der Waals surface area (Å²) in [6.07, 6.45) is 1.70. The van der Waals surface area contributed by atoms with Crippen LogP contribution in [-0.2, 0) is 5.60 Å². The standard InChI is InChI=1S/C13H21NOS/c1-12(2,3)14-8-6-13(15,7-9-14)11-5-4-10-16-11/h4-5,10,15H,6-9H2,1-3H3. The van der Waals surface area contributed by atoms with Gasteiger partial charge in [-0.1, -0.05) is 6.07 Å². The zero-order chi connectivity index (χ0) is 11.8. The largest absolute Gasteiger partial charge is 0.384 e. The maximum Gasteiger partial charge on any atom is 0.101 e. The minimum absolute atomic E-state index is 0.219. The van der Waals surface area contributed by atoms with E-state index in [0.717, 1.165) is 30.8 Å². The van der Waals surface area contributed by atoms with Crippen molar-refractivity contribution in [3.8, 4) is 0 Å². The number of nitrogens with zero attached hydrogens (tertiary/aromatic N) is 1. The summed E-state index contributed by atoms with van der Waals surface area (Å²) in [5, 5.41) is 12.6. The van der Waals surface area contributed by atoms with Gasteiger partial charge in [-0.15, -0.1) is 11.3 Å². The van der Waals surface area contributed by atoms with E-state index in [9.17, 15) is 5.11 Å². The van der Waals surface area contributed by atoms with Gasteiger partial charge in [0.25, 0.3) is 0 Å². The van der Waals surface area contributed by atoms with Crippen LogP contribution in [0.15, 0.2) is 17.5 Å². The fourth-order valence-electron chi connectivity index (χ4n) is 2.34. The molecule has 1 N–H and O–H groups in total. The van der Waals surface area contributed by atoms with Gasteiger partial charge in [-0.2, -0.15) is 0 Å². The van der Waals surface area contributed by atoms with Gasteiger partial charge >= 0.3 is 0 Å². The average Bonchev–Trinajstić information content (AvgIpc) is 2.70. The average molecular weight is 239 g/mol. The summed E-state index contributed by atoms with van der Waals surface area (Å²) in [5.41, 5.74) is -0.354. The van der Waals surface area contributed by atoms with E-state index < -0.39 is 5.60 Å². The van der Waals surface area contributed by atoms with E-state index in [1.54, 1.807) is 11.3 Å². The molecule has 1 aromatic heterocycles. The van der Waals surface area contributed by atoms with Crippen molar-refractivity contribution in [2.45, 2.75) is 44.8 Å². The SMILES string of the molecule is CC(C)(C)N1CCC(O)(c2cccs2)CC1. The molecule has 90 valence electrons. The van der Waals surface area contributed by atoms with E-state index in [2.05, 4.69) is 31.7 Å². The number of rotatable bonds is 1. The van der Waals surface area contributed by atoms with Gasteiger partial charge in [0.15, 0.2) is 0 Å². The minimum Gasteiger partial charge on any atom is -0.384 e. The third-order valence-corrected chi connectivity index (χ3v) is 4.58. The van der Waals surface area contributed by atoms with E-state index in [4.69, 9.17) is 0 Å². The highest BCUT2D eigenvalue weighted by atomic mass is 32.1. The predicted octanol–water partition coefficient (Wildman–Crippen LogP) is 2.83. The van der Waals surface area contributed by atoms with Gasteiger partial charge in [0.2, 0.25) is 0 Å². The summed E-state index contributed by atoms with van der Waals surface area (Å²) in [4.78, 5) is 3.58. The van der Waals surface area contributed by atoms with E-state index in [-0.39, 0.29) is 5.54 Å². The first-order valence-electron chi connectivity index (χ1n) is 5.93. The zero-order valence-electron chi connectivity index (χ0n) is 10.4. The molecule has 1 aromatic rings. The molecule has 2 heterocycles. The highest BCUT2D eigenvalue weighted by molar-refractivity contribution is 7.10. The minimum atomic E-state index is -0.573. The van der Waals surface area contributed by atoms with Crippen molar-refractivity contribution < 1.29 is 5.11 Å². The second-order valence-corrected chi connectivity index (χ2v) is 6.61. The van der Waals surface area contributed by atoms with Gasteiger partial charge < -0.3 is 5.11 Å². The lowest BCUT2D eigenvalue weighted by molar-refractivity contribution is -0.0436. The molecule has 1 fully saturated rings. The van der Waals surface area contributed by atoms with Crippen LogP contribution in [0.4, 0.5) is 0 Å². The molecule has 3 heteroatoms. The molecular weight excluding hydrogens is 218 g/mol. The van der Waals surface area contributed by atoms with Crippen molar-refractivity contribution in [1.29, 1.82) is 0 Å². The Hall–Kier alpha value is -0.380. The fourth-order valence-corrected chi connectivity index (χ4v) is 3.22. The topological polar surface area (TPSA) is 23.5 Å². The van der Waals surface area contributed by atoms with Crippen LogP contribution in [0.1, 0.15) is 38.5 Å². The number of likely N-dealkylation sites (tertiary alicyclic amines) is 1. The van der Waals surface area contributed by atoms with Crippen LogP contribution in [0.25, 0.3) is 0 Å². The van der Waals surface area contributed by atoms with Crippen molar-refractivity contribution in [3.63, 3.8) is 0 Å². The molecule has 1 saturated heterocycles. The van der Waals surface area contributed by atoms with Crippen LogP contribution < -0.4 is 0 Å². The van der Waals surface area contributed by atoms with Gasteiger partial charge in [-0.25, -0.2) is 0 Å². The molecule has 2 nitrogen and oxygen atoms in total. The van der Waals surface area contributed by atoms with Gasteiger partial charge in [-0.05, 0) is 45.1 Å². The molecule has 0 saturated carbocycles. The molecule has 0 atom stereocenters. The Kier molecular flexibility index (Phi) is 3.12. The lowest BCUT2D eigenvalue weighted by Crippen LogP contribution is -2.50. The molecule has 1 aliphatic heterocycles. The molecule has 0 spiro atoms. The summed E-state index contributed by atoms with van der Waals surface area (Å²) < 4.78 is 0. The molecule has 0 aromatic carbocycles. The molecule has 1 aliphatic rings. The third kappa shape index (κ3) is 2.31.